The lowest BCUT2D eigenvalue weighted by Gasteiger charge is -2.28. The molecule has 20 heavy (non-hydrogen) atoms. The van der Waals surface area contributed by atoms with Crippen LogP contribution in [0.2, 0.25) is 0 Å². The zero-order valence-electron chi connectivity index (χ0n) is 12.5. The van der Waals surface area contributed by atoms with Crippen LogP contribution in [0.5, 0.6) is 0 Å². The van der Waals surface area contributed by atoms with Crippen molar-refractivity contribution < 1.29 is 4.52 Å². The highest BCUT2D eigenvalue weighted by atomic mass is 16.5. The molecule has 1 unspecified atom stereocenters. The summed E-state index contributed by atoms with van der Waals surface area (Å²) < 4.78 is 5.33. The van der Waals surface area contributed by atoms with Gasteiger partial charge >= 0.3 is 0 Å². The molecule has 2 aromatic rings. The summed E-state index contributed by atoms with van der Waals surface area (Å²) in [6, 6.07) is 8.72. The van der Waals surface area contributed by atoms with Gasteiger partial charge in [0.1, 0.15) is 17.6 Å². The van der Waals surface area contributed by atoms with Gasteiger partial charge in [0.2, 0.25) is 0 Å². The van der Waals surface area contributed by atoms with E-state index >= 15 is 0 Å². The van der Waals surface area contributed by atoms with Crippen LogP contribution >= 0.6 is 0 Å². The topological polar surface area (TPSA) is 29.3 Å². The number of benzene rings is 1. The minimum atomic E-state index is -0.0263. The first-order valence-electron chi connectivity index (χ1n) is 7.49. The Hall–Kier alpha value is -1.77. The average Bonchev–Trinajstić information content (AvgIpc) is 3.08. The number of anilines is 1. The van der Waals surface area contributed by atoms with E-state index in [0.717, 1.165) is 37.3 Å². The Morgan fingerprint density at radius 3 is 2.75 bits per heavy atom. The van der Waals surface area contributed by atoms with Gasteiger partial charge in [-0.25, -0.2) is 0 Å². The highest BCUT2D eigenvalue weighted by molar-refractivity contribution is 5.57. The molecule has 3 rings (SSSR count). The number of rotatable bonds is 4. The van der Waals surface area contributed by atoms with E-state index in [9.17, 15) is 0 Å². The molecule has 3 nitrogen and oxygen atoms in total. The summed E-state index contributed by atoms with van der Waals surface area (Å²) in [6.07, 6.45) is 4.03. The smallest absolute Gasteiger partial charge is 0.147 e. The van der Waals surface area contributed by atoms with E-state index in [-0.39, 0.29) is 5.41 Å². The van der Waals surface area contributed by atoms with Crippen LogP contribution in [-0.2, 0) is 11.8 Å². The highest BCUT2D eigenvalue weighted by Gasteiger charge is 2.40. The lowest BCUT2D eigenvalue weighted by molar-refractivity contribution is 0.392. The van der Waals surface area contributed by atoms with Gasteiger partial charge in [-0.3, -0.25) is 0 Å². The van der Waals surface area contributed by atoms with Crippen LogP contribution in [0.25, 0.3) is 0 Å². The number of aromatic nitrogens is 1. The van der Waals surface area contributed by atoms with E-state index in [0.29, 0.717) is 0 Å². The van der Waals surface area contributed by atoms with Gasteiger partial charge in [-0.1, -0.05) is 29.4 Å². The van der Waals surface area contributed by atoms with Crippen molar-refractivity contribution in [3.05, 3.63) is 47.3 Å². The van der Waals surface area contributed by atoms with Gasteiger partial charge in [-0.15, -0.1) is 0 Å². The van der Waals surface area contributed by atoms with Gasteiger partial charge in [0.25, 0.3) is 0 Å². The second-order valence-electron chi connectivity index (χ2n) is 5.71. The van der Waals surface area contributed by atoms with Crippen molar-refractivity contribution >= 4 is 5.69 Å². The third-order valence-electron chi connectivity index (χ3n) is 4.68. The van der Waals surface area contributed by atoms with E-state index < -0.39 is 0 Å². The lowest BCUT2D eigenvalue weighted by Crippen LogP contribution is -2.28. The SMILES string of the molecule is CCN(CC)c1conc1C1(C)CCc2ccccc21. The second kappa shape index (κ2) is 4.97. The number of hydrogen-bond acceptors (Lipinski definition) is 3. The van der Waals surface area contributed by atoms with Crippen molar-refractivity contribution in [2.75, 3.05) is 18.0 Å². The van der Waals surface area contributed by atoms with Crippen molar-refractivity contribution in [3.63, 3.8) is 0 Å². The largest absolute Gasteiger partial charge is 0.368 e. The van der Waals surface area contributed by atoms with Crippen LogP contribution in [0.15, 0.2) is 35.1 Å². The quantitative estimate of drug-likeness (QED) is 0.847. The van der Waals surface area contributed by atoms with Gasteiger partial charge in [-0.05, 0) is 44.7 Å². The maximum atomic E-state index is 5.33. The van der Waals surface area contributed by atoms with Gasteiger partial charge < -0.3 is 9.42 Å². The first kappa shape index (κ1) is 13.2. The Labute approximate surface area is 120 Å². The Morgan fingerprint density at radius 1 is 1.25 bits per heavy atom. The fourth-order valence-corrected chi connectivity index (χ4v) is 3.45. The molecule has 0 N–H and O–H groups in total. The van der Waals surface area contributed by atoms with E-state index in [1.54, 1.807) is 6.26 Å². The van der Waals surface area contributed by atoms with Crippen molar-refractivity contribution in [2.45, 2.75) is 39.0 Å². The van der Waals surface area contributed by atoms with Gasteiger partial charge in [0.05, 0.1) is 0 Å². The standard InChI is InChI=1S/C17H22N2O/c1-4-19(5-2)15-12-20-18-16(15)17(3)11-10-13-8-6-7-9-14(13)17/h6-9,12H,4-5,10-11H2,1-3H3. The molecule has 1 atom stereocenters. The van der Waals surface area contributed by atoms with Gasteiger partial charge in [0, 0.05) is 18.5 Å². The summed E-state index contributed by atoms with van der Waals surface area (Å²) >= 11 is 0. The fraction of sp³-hybridized carbons (Fsp3) is 0.471. The average molecular weight is 270 g/mol. The van der Waals surface area contributed by atoms with Crippen molar-refractivity contribution in [1.29, 1.82) is 0 Å². The van der Waals surface area contributed by atoms with Crippen LogP contribution in [0.3, 0.4) is 0 Å². The molecule has 1 aliphatic carbocycles. The van der Waals surface area contributed by atoms with Crippen LogP contribution in [0.4, 0.5) is 5.69 Å². The number of aryl methyl sites for hydroxylation is 1. The van der Waals surface area contributed by atoms with Crippen LogP contribution < -0.4 is 4.90 Å². The second-order valence-corrected chi connectivity index (χ2v) is 5.71. The van der Waals surface area contributed by atoms with Crippen molar-refractivity contribution in [1.82, 2.24) is 5.16 Å². The molecular formula is C17H22N2O. The number of nitrogens with zero attached hydrogens (tertiary/aromatic N) is 2. The van der Waals surface area contributed by atoms with E-state index in [1.807, 2.05) is 0 Å². The molecule has 1 heterocycles. The molecule has 0 saturated carbocycles. The van der Waals surface area contributed by atoms with Gasteiger partial charge in [-0.2, -0.15) is 0 Å². The third kappa shape index (κ3) is 1.84. The maximum Gasteiger partial charge on any atom is 0.147 e. The molecular weight excluding hydrogens is 248 g/mol. The molecule has 0 spiro atoms. The summed E-state index contributed by atoms with van der Waals surface area (Å²) in [5, 5.41) is 4.37. The molecule has 0 bridgehead atoms. The molecule has 1 aromatic carbocycles. The predicted molar refractivity (Wildman–Crippen MR) is 81.3 cm³/mol. The molecule has 0 radical (unpaired) electrons. The monoisotopic (exact) mass is 270 g/mol. The van der Waals surface area contributed by atoms with E-state index in [1.165, 1.54) is 11.1 Å². The van der Waals surface area contributed by atoms with Crippen molar-refractivity contribution in [2.24, 2.45) is 0 Å². The van der Waals surface area contributed by atoms with Crippen molar-refractivity contribution in [3.8, 4) is 0 Å². The normalized spacial score (nSPS) is 20.9. The number of fused-ring (bicyclic) bond motifs is 1. The first-order valence-corrected chi connectivity index (χ1v) is 7.49. The zero-order valence-corrected chi connectivity index (χ0v) is 12.5. The molecule has 106 valence electrons. The highest BCUT2D eigenvalue weighted by Crippen LogP contribution is 2.46. The predicted octanol–water partition coefficient (Wildman–Crippen LogP) is 3.77. The first-order chi connectivity index (χ1) is 9.70. The van der Waals surface area contributed by atoms with Crippen LogP contribution in [-0.4, -0.2) is 18.2 Å². The summed E-state index contributed by atoms with van der Waals surface area (Å²) in [4.78, 5) is 2.32. The number of hydrogen-bond donors (Lipinski definition) is 0. The van der Waals surface area contributed by atoms with E-state index in [4.69, 9.17) is 4.52 Å². The fourth-order valence-electron chi connectivity index (χ4n) is 3.45. The molecule has 1 aliphatic rings. The summed E-state index contributed by atoms with van der Waals surface area (Å²) in [6.45, 7) is 8.59. The minimum absolute atomic E-state index is 0.0263. The summed E-state index contributed by atoms with van der Waals surface area (Å²) in [5.74, 6) is 0. The van der Waals surface area contributed by atoms with Crippen LogP contribution in [0.1, 0.15) is 44.0 Å². The van der Waals surface area contributed by atoms with Crippen LogP contribution in [0, 0.1) is 0 Å². The Bertz CT molecular complexity index is 601. The molecule has 3 heteroatoms. The molecule has 1 aromatic heterocycles. The Morgan fingerprint density at radius 2 is 2.00 bits per heavy atom. The Kier molecular flexibility index (Phi) is 3.28. The molecule has 0 aliphatic heterocycles. The third-order valence-corrected chi connectivity index (χ3v) is 4.68. The zero-order chi connectivity index (χ0) is 14.2. The van der Waals surface area contributed by atoms with E-state index in [2.05, 4.69) is 55.1 Å². The summed E-state index contributed by atoms with van der Waals surface area (Å²) in [7, 11) is 0. The molecule has 0 fully saturated rings. The lowest BCUT2D eigenvalue weighted by atomic mass is 9.80. The van der Waals surface area contributed by atoms with Gasteiger partial charge in [0.15, 0.2) is 0 Å². The summed E-state index contributed by atoms with van der Waals surface area (Å²) in [5.41, 5.74) is 5.06. The maximum absolute atomic E-state index is 5.33. The molecule has 0 amide bonds. The Balaban J connectivity index is 2.09. The minimum Gasteiger partial charge on any atom is -0.368 e. The molecule has 0 saturated heterocycles.